The molecule has 1 saturated heterocycles. The summed E-state index contributed by atoms with van der Waals surface area (Å²) in [5, 5.41) is 6.21. The molecule has 38 heavy (non-hydrogen) atoms. The molecule has 1 aliphatic rings. The predicted octanol–water partition coefficient (Wildman–Crippen LogP) is 4.51. The lowest BCUT2D eigenvalue weighted by Crippen LogP contribution is -2.44. The highest BCUT2D eigenvalue weighted by molar-refractivity contribution is 7.19. The summed E-state index contributed by atoms with van der Waals surface area (Å²) < 4.78 is 18.8. The van der Waals surface area contributed by atoms with E-state index in [0.717, 1.165) is 36.5 Å². The van der Waals surface area contributed by atoms with E-state index in [9.17, 15) is 9.59 Å². The minimum absolute atomic E-state index is 0.0243. The third kappa shape index (κ3) is 5.49. The van der Waals surface area contributed by atoms with Crippen LogP contribution in [0.25, 0.3) is 28.0 Å². The summed E-state index contributed by atoms with van der Waals surface area (Å²) in [5.41, 5.74) is 0.488. The summed E-state index contributed by atoms with van der Waals surface area (Å²) in [6.07, 6.45) is 7.93. The minimum atomic E-state index is -0.581. The fourth-order valence-corrected chi connectivity index (χ4v) is 6.18. The van der Waals surface area contributed by atoms with E-state index in [1.807, 2.05) is 24.0 Å². The minimum Gasteiger partial charge on any atom is -0.352 e. The summed E-state index contributed by atoms with van der Waals surface area (Å²) in [4.78, 5) is 35.0. The third-order valence-corrected chi connectivity index (χ3v) is 8.23. The number of piperazine rings is 1. The Hall–Kier alpha value is -2.79. The maximum absolute atomic E-state index is 15.4. The van der Waals surface area contributed by atoms with E-state index in [1.54, 1.807) is 21.9 Å². The molecule has 11 heteroatoms. The van der Waals surface area contributed by atoms with E-state index in [2.05, 4.69) is 29.1 Å². The molecular formula is C27H34ClFN6O2S. The van der Waals surface area contributed by atoms with Crippen LogP contribution < -0.4 is 21.0 Å². The number of hydrogen-bond acceptors (Lipinski definition) is 7. The van der Waals surface area contributed by atoms with Crippen molar-refractivity contribution in [2.75, 3.05) is 44.7 Å². The molecule has 1 aliphatic heterocycles. The quantitative estimate of drug-likeness (QED) is 0.355. The highest BCUT2D eigenvalue weighted by Gasteiger charge is 2.26. The van der Waals surface area contributed by atoms with Gasteiger partial charge in [-0.25, -0.2) is 13.8 Å². The Morgan fingerprint density at radius 2 is 2.13 bits per heavy atom. The smallest absolute Gasteiger partial charge is 0.258 e. The summed E-state index contributed by atoms with van der Waals surface area (Å²) in [7, 11) is 1.80. The molecule has 0 bridgehead atoms. The Morgan fingerprint density at radius 3 is 2.76 bits per heavy atom. The predicted molar refractivity (Wildman–Crippen MR) is 156 cm³/mol. The number of nitrogens with zero attached hydrogens (tertiary/aromatic N) is 4. The maximum Gasteiger partial charge on any atom is 0.258 e. The van der Waals surface area contributed by atoms with E-state index >= 15 is 4.39 Å². The third-order valence-electron chi connectivity index (χ3n) is 6.78. The Morgan fingerprint density at radius 1 is 1.39 bits per heavy atom. The lowest BCUT2D eigenvalue weighted by Gasteiger charge is -2.28. The standard InChI is InChI=1S/C27H34ClFN6O2S/c1-5-8-17(33(4)28)10-11-31-26(37)22-23(36)18-16-19(29)25(34-14-12-30-13-15-34)32-24(18)35-20(9-6-2)21(7-3)38-27(22)35/h6-7,9,16-17,30H,3,5,8,10-15H2,1-2,4H3,(H,31,37)/b9-6-. The number of carbonyl (C=O) groups excluding carboxylic acids is 1. The Labute approximate surface area is 230 Å². The normalized spacial score (nSPS) is 15.2. The fraction of sp³-hybridized carbons (Fsp3) is 0.444. The number of pyridine rings is 2. The van der Waals surface area contributed by atoms with Crippen molar-refractivity contribution in [1.82, 2.24) is 24.4 Å². The van der Waals surface area contributed by atoms with Gasteiger partial charge in [-0.3, -0.25) is 14.0 Å². The molecule has 4 rings (SSSR count). The lowest BCUT2D eigenvalue weighted by molar-refractivity contribution is 0.0951. The number of amides is 1. The van der Waals surface area contributed by atoms with Crippen molar-refractivity contribution in [2.45, 2.75) is 39.2 Å². The van der Waals surface area contributed by atoms with E-state index in [4.69, 9.17) is 11.8 Å². The summed E-state index contributed by atoms with van der Waals surface area (Å²) in [6.45, 7) is 10.9. The molecule has 0 saturated carbocycles. The number of anilines is 1. The van der Waals surface area contributed by atoms with Crippen LogP contribution in [-0.2, 0) is 0 Å². The van der Waals surface area contributed by atoms with Crippen molar-refractivity contribution >= 4 is 62.9 Å². The van der Waals surface area contributed by atoms with Gasteiger partial charge in [0.15, 0.2) is 17.3 Å². The van der Waals surface area contributed by atoms with Crippen LogP contribution in [0.2, 0.25) is 0 Å². The van der Waals surface area contributed by atoms with Gasteiger partial charge < -0.3 is 15.5 Å². The first-order chi connectivity index (χ1) is 18.3. The second kappa shape index (κ2) is 12.4. The van der Waals surface area contributed by atoms with Crippen LogP contribution in [0.5, 0.6) is 0 Å². The molecule has 204 valence electrons. The molecule has 8 nitrogen and oxygen atoms in total. The van der Waals surface area contributed by atoms with Crippen molar-refractivity contribution in [1.29, 1.82) is 0 Å². The van der Waals surface area contributed by atoms with Gasteiger partial charge in [0.25, 0.3) is 5.91 Å². The second-order valence-corrected chi connectivity index (χ2v) is 10.9. The first-order valence-corrected chi connectivity index (χ1v) is 14.1. The number of thiazole rings is 1. The van der Waals surface area contributed by atoms with Gasteiger partial charge in [0.2, 0.25) is 5.43 Å². The van der Waals surface area contributed by atoms with Gasteiger partial charge in [0.1, 0.15) is 10.4 Å². The highest BCUT2D eigenvalue weighted by Crippen LogP contribution is 2.32. The van der Waals surface area contributed by atoms with Crippen LogP contribution >= 0.6 is 23.1 Å². The number of fused-ring (bicyclic) bond motifs is 3. The van der Waals surface area contributed by atoms with E-state index in [-0.39, 0.29) is 22.8 Å². The molecule has 3 aromatic rings. The Kier molecular flexibility index (Phi) is 9.19. The van der Waals surface area contributed by atoms with Gasteiger partial charge >= 0.3 is 0 Å². The SMILES string of the molecule is C=Cc1sc2c(C(=O)NCCC(CCC)N(C)Cl)c(=O)c3cc(F)c(N4CCNCC4)nc3n2c1/C=C\C. The molecule has 0 radical (unpaired) electrons. The molecule has 1 fully saturated rings. The largest absolute Gasteiger partial charge is 0.352 e. The lowest BCUT2D eigenvalue weighted by atomic mass is 10.1. The number of rotatable bonds is 10. The number of hydrogen-bond donors (Lipinski definition) is 2. The van der Waals surface area contributed by atoms with Crippen molar-refractivity contribution in [2.24, 2.45) is 0 Å². The topological polar surface area (TPSA) is 82.0 Å². The molecule has 3 aromatic heterocycles. The monoisotopic (exact) mass is 560 g/mol. The number of nitrogens with one attached hydrogen (secondary N) is 2. The second-order valence-electron chi connectivity index (χ2n) is 9.31. The molecule has 2 N–H and O–H groups in total. The first kappa shape index (κ1) is 28.2. The molecule has 0 aromatic carbocycles. The summed E-state index contributed by atoms with van der Waals surface area (Å²) >= 11 is 7.47. The van der Waals surface area contributed by atoms with E-state index in [1.165, 1.54) is 17.4 Å². The van der Waals surface area contributed by atoms with E-state index in [0.29, 0.717) is 36.5 Å². The van der Waals surface area contributed by atoms with Crippen LogP contribution in [0.1, 0.15) is 54.0 Å². The number of allylic oxidation sites excluding steroid dienone is 1. The Balaban J connectivity index is 1.87. The van der Waals surface area contributed by atoms with Gasteiger partial charge in [-0.1, -0.05) is 26.0 Å². The van der Waals surface area contributed by atoms with Crippen LogP contribution in [0.15, 0.2) is 23.5 Å². The molecule has 0 aliphatic carbocycles. The van der Waals surface area contributed by atoms with Gasteiger partial charge in [-0.2, -0.15) is 0 Å². The van der Waals surface area contributed by atoms with Crippen LogP contribution in [-0.4, -0.2) is 65.5 Å². The average molecular weight is 561 g/mol. The first-order valence-electron chi connectivity index (χ1n) is 12.9. The van der Waals surface area contributed by atoms with Crippen LogP contribution in [0, 0.1) is 5.82 Å². The van der Waals surface area contributed by atoms with Crippen LogP contribution in [0.3, 0.4) is 0 Å². The van der Waals surface area contributed by atoms with Gasteiger partial charge in [-0.15, -0.1) is 11.3 Å². The van der Waals surface area contributed by atoms with Crippen molar-refractivity contribution in [3.05, 3.63) is 50.9 Å². The molecule has 0 spiro atoms. The van der Waals surface area contributed by atoms with Crippen molar-refractivity contribution < 1.29 is 9.18 Å². The summed E-state index contributed by atoms with van der Waals surface area (Å²) in [6, 6.07) is 1.31. The summed E-state index contributed by atoms with van der Waals surface area (Å²) in [5.74, 6) is -0.881. The molecule has 1 unspecified atom stereocenters. The number of carbonyl (C=O) groups is 1. The van der Waals surface area contributed by atoms with Gasteiger partial charge in [-0.05, 0) is 49.8 Å². The zero-order valence-corrected chi connectivity index (χ0v) is 23.6. The number of halogens is 2. The highest BCUT2D eigenvalue weighted by atomic mass is 35.5. The van der Waals surface area contributed by atoms with Gasteiger partial charge in [0.05, 0.1) is 16.0 Å². The van der Waals surface area contributed by atoms with Gasteiger partial charge in [0, 0.05) is 45.8 Å². The Bertz CT molecular complexity index is 1430. The number of aromatic nitrogens is 2. The molecule has 1 amide bonds. The molecular weight excluding hydrogens is 527 g/mol. The maximum atomic E-state index is 15.4. The zero-order valence-electron chi connectivity index (χ0n) is 22.0. The molecule has 1 atom stereocenters. The zero-order chi connectivity index (χ0) is 27.4. The fourth-order valence-electron chi connectivity index (χ4n) is 4.87. The van der Waals surface area contributed by atoms with Crippen molar-refractivity contribution in [3.8, 4) is 0 Å². The average Bonchev–Trinajstić information content (AvgIpc) is 3.26. The molecule has 4 heterocycles. The van der Waals surface area contributed by atoms with E-state index < -0.39 is 17.2 Å². The van der Waals surface area contributed by atoms with Crippen molar-refractivity contribution in [3.63, 3.8) is 0 Å². The van der Waals surface area contributed by atoms with Crippen LogP contribution in [0.4, 0.5) is 10.2 Å².